The molecule has 0 aromatic heterocycles. The molecule has 0 unspecified atom stereocenters. The van der Waals surface area contributed by atoms with Crippen LogP contribution in [0.25, 0.3) is 0 Å². The first-order chi connectivity index (χ1) is 18.9. The van der Waals surface area contributed by atoms with Crippen LogP contribution in [0.4, 0.5) is 17.1 Å². The largest absolute Gasteiger partial charge is 0.497 e. The predicted molar refractivity (Wildman–Crippen MR) is 151 cm³/mol. The Balaban J connectivity index is 1.39. The Morgan fingerprint density at radius 3 is 2.56 bits per heavy atom. The Labute approximate surface area is 232 Å². The van der Waals surface area contributed by atoms with Crippen LogP contribution in [0.3, 0.4) is 0 Å². The van der Waals surface area contributed by atoms with Gasteiger partial charge >= 0.3 is 0 Å². The van der Waals surface area contributed by atoms with Crippen molar-refractivity contribution in [1.82, 2.24) is 5.32 Å². The molecule has 39 heavy (non-hydrogen) atoms. The number of nitro benzene ring substituents is 1. The number of nitrogens with zero attached hydrogens (tertiary/aromatic N) is 3. The van der Waals surface area contributed by atoms with E-state index in [0.29, 0.717) is 44.0 Å². The highest BCUT2D eigenvalue weighted by atomic mass is 35.5. The SMILES string of the molecule is COc1ccc(CCNC(=O)[C@@H]2Cc3cc([N+](=O)[O-])ccc3N3CCN(c4cc(Cl)ccc4OC)C[C@@H]23)cc1. The number of hydrogen-bond acceptors (Lipinski definition) is 7. The second-order valence-corrected chi connectivity index (χ2v) is 10.2. The number of benzene rings is 3. The van der Waals surface area contributed by atoms with Gasteiger partial charge in [-0.3, -0.25) is 14.9 Å². The van der Waals surface area contributed by atoms with E-state index in [1.807, 2.05) is 42.5 Å². The molecule has 2 heterocycles. The summed E-state index contributed by atoms with van der Waals surface area (Å²) in [4.78, 5) is 29.1. The molecular weight excluding hydrogens is 520 g/mol. The lowest BCUT2D eigenvalue weighted by Gasteiger charge is -2.49. The van der Waals surface area contributed by atoms with Crippen LogP contribution >= 0.6 is 11.6 Å². The zero-order valence-corrected chi connectivity index (χ0v) is 22.7. The number of nitrogens with one attached hydrogen (secondary N) is 1. The van der Waals surface area contributed by atoms with Gasteiger partial charge in [-0.2, -0.15) is 0 Å². The Bertz CT molecular complexity index is 1370. The maximum atomic E-state index is 13.6. The summed E-state index contributed by atoms with van der Waals surface area (Å²) < 4.78 is 10.8. The number of rotatable bonds is 8. The summed E-state index contributed by atoms with van der Waals surface area (Å²) in [6, 6.07) is 18.1. The van der Waals surface area contributed by atoms with Crippen LogP contribution in [-0.2, 0) is 17.6 Å². The topological polar surface area (TPSA) is 97.2 Å². The molecule has 0 spiro atoms. The number of ether oxygens (including phenoxy) is 2. The third-order valence-corrected chi connectivity index (χ3v) is 7.83. The molecule has 5 rings (SSSR count). The van der Waals surface area contributed by atoms with E-state index in [1.165, 1.54) is 6.07 Å². The molecule has 0 bridgehead atoms. The van der Waals surface area contributed by atoms with Gasteiger partial charge in [-0.25, -0.2) is 0 Å². The van der Waals surface area contributed by atoms with Crippen molar-refractivity contribution in [3.63, 3.8) is 0 Å². The number of piperazine rings is 1. The summed E-state index contributed by atoms with van der Waals surface area (Å²) in [5, 5.41) is 15.2. The Morgan fingerprint density at radius 1 is 1.05 bits per heavy atom. The highest BCUT2D eigenvalue weighted by Crippen LogP contribution is 2.40. The number of non-ortho nitro benzene ring substituents is 1. The van der Waals surface area contributed by atoms with Crippen LogP contribution < -0.4 is 24.6 Å². The molecule has 1 amide bonds. The van der Waals surface area contributed by atoms with Crippen LogP contribution in [0.15, 0.2) is 60.7 Å². The first-order valence-electron chi connectivity index (χ1n) is 12.9. The summed E-state index contributed by atoms with van der Waals surface area (Å²) >= 11 is 6.32. The van der Waals surface area contributed by atoms with E-state index in [-0.39, 0.29) is 28.5 Å². The van der Waals surface area contributed by atoms with Gasteiger partial charge in [-0.1, -0.05) is 23.7 Å². The van der Waals surface area contributed by atoms with Crippen molar-refractivity contribution < 1.29 is 19.2 Å². The van der Waals surface area contributed by atoms with Gasteiger partial charge in [0, 0.05) is 49.0 Å². The van der Waals surface area contributed by atoms with E-state index in [9.17, 15) is 14.9 Å². The number of amides is 1. The van der Waals surface area contributed by atoms with E-state index in [2.05, 4.69) is 15.1 Å². The van der Waals surface area contributed by atoms with E-state index in [4.69, 9.17) is 21.1 Å². The van der Waals surface area contributed by atoms with Gasteiger partial charge in [0.15, 0.2) is 0 Å². The Hall–Kier alpha value is -3.98. The van der Waals surface area contributed by atoms with E-state index in [1.54, 1.807) is 26.4 Å². The number of anilines is 2. The molecule has 3 aromatic rings. The van der Waals surface area contributed by atoms with E-state index >= 15 is 0 Å². The lowest BCUT2D eigenvalue weighted by atomic mass is 9.83. The third-order valence-electron chi connectivity index (χ3n) is 7.60. The number of methoxy groups -OCH3 is 2. The van der Waals surface area contributed by atoms with Crippen molar-refractivity contribution in [3.8, 4) is 11.5 Å². The molecule has 3 aromatic carbocycles. The van der Waals surface area contributed by atoms with Gasteiger partial charge in [0.05, 0.1) is 36.8 Å². The number of hydrogen-bond donors (Lipinski definition) is 1. The summed E-state index contributed by atoms with van der Waals surface area (Å²) in [7, 11) is 3.26. The van der Waals surface area contributed by atoms with Crippen molar-refractivity contribution in [2.45, 2.75) is 18.9 Å². The molecule has 2 aliphatic heterocycles. The normalized spacial score (nSPS) is 18.1. The number of halogens is 1. The minimum atomic E-state index is -0.389. The van der Waals surface area contributed by atoms with Crippen molar-refractivity contribution in [1.29, 1.82) is 0 Å². The molecule has 2 aliphatic rings. The van der Waals surface area contributed by atoms with Crippen molar-refractivity contribution in [2.24, 2.45) is 5.92 Å². The van der Waals surface area contributed by atoms with Gasteiger partial charge in [-0.05, 0) is 60.4 Å². The number of nitro groups is 1. The van der Waals surface area contributed by atoms with Crippen LogP contribution in [-0.4, -0.2) is 57.3 Å². The van der Waals surface area contributed by atoms with E-state index in [0.717, 1.165) is 34.0 Å². The standard InChI is InChI=1S/C29H31ClN4O5/c1-38-23-7-3-19(4-8-23)11-12-31-29(35)24-16-20-15-22(34(36)37)6-9-25(20)33-14-13-32(18-27(24)33)26-17-21(30)5-10-28(26)39-2/h3-10,15,17,24,27H,11-14,16,18H2,1-2H3,(H,31,35)/t24-,27+/m1/s1. The lowest BCUT2D eigenvalue weighted by Crippen LogP contribution is -2.61. The molecule has 0 saturated carbocycles. The molecule has 0 radical (unpaired) electrons. The third kappa shape index (κ3) is 5.59. The molecular formula is C29H31ClN4O5. The zero-order valence-electron chi connectivity index (χ0n) is 21.9. The van der Waals surface area contributed by atoms with Gasteiger partial charge in [0.1, 0.15) is 11.5 Å². The van der Waals surface area contributed by atoms with Crippen LogP contribution in [0, 0.1) is 16.0 Å². The molecule has 1 fully saturated rings. The quantitative estimate of drug-likeness (QED) is 0.326. The summed E-state index contributed by atoms with van der Waals surface area (Å²) in [6.45, 7) is 2.42. The zero-order chi connectivity index (χ0) is 27.5. The molecule has 204 valence electrons. The second-order valence-electron chi connectivity index (χ2n) is 9.79. The molecule has 1 N–H and O–H groups in total. The van der Waals surface area contributed by atoms with Crippen molar-refractivity contribution in [2.75, 3.05) is 50.2 Å². The number of carbonyl (C=O) groups is 1. The van der Waals surface area contributed by atoms with Gasteiger partial charge < -0.3 is 24.6 Å². The molecule has 1 saturated heterocycles. The molecule has 10 heteroatoms. The predicted octanol–water partition coefficient (Wildman–Crippen LogP) is 4.49. The smallest absolute Gasteiger partial charge is 0.269 e. The summed E-state index contributed by atoms with van der Waals surface area (Å²) in [5.74, 6) is 1.06. The maximum Gasteiger partial charge on any atom is 0.269 e. The van der Waals surface area contributed by atoms with Crippen LogP contribution in [0.5, 0.6) is 11.5 Å². The minimum absolute atomic E-state index is 0.0353. The number of fused-ring (bicyclic) bond motifs is 3. The van der Waals surface area contributed by atoms with Gasteiger partial charge in [0.25, 0.3) is 5.69 Å². The summed E-state index contributed by atoms with van der Waals surface area (Å²) in [5.41, 5.74) is 3.79. The van der Waals surface area contributed by atoms with Crippen LogP contribution in [0.1, 0.15) is 11.1 Å². The van der Waals surface area contributed by atoms with Crippen molar-refractivity contribution in [3.05, 3.63) is 86.9 Å². The molecule has 2 atom stereocenters. The Kier molecular flexibility index (Phi) is 7.79. The average Bonchev–Trinajstić information content (AvgIpc) is 2.96. The second kappa shape index (κ2) is 11.4. The monoisotopic (exact) mass is 550 g/mol. The van der Waals surface area contributed by atoms with Gasteiger partial charge in [0.2, 0.25) is 5.91 Å². The fraction of sp³-hybridized carbons (Fsp3) is 0.345. The fourth-order valence-electron chi connectivity index (χ4n) is 5.61. The van der Waals surface area contributed by atoms with Crippen LogP contribution in [0.2, 0.25) is 5.02 Å². The average molecular weight is 551 g/mol. The highest BCUT2D eigenvalue weighted by molar-refractivity contribution is 6.31. The van der Waals surface area contributed by atoms with Gasteiger partial charge in [-0.15, -0.1) is 0 Å². The minimum Gasteiger partial charge on any atom is -0.497 e. The van der Waals surface area contributed by atoms with E-state index < -0.39 is 0 Å². The number of carbonyl (C=O) groups excluding carboxylic acids is 1. The lowest BCUT2D eigenvalue weighted by molar-refractivity contribution is -0.384. The first kappa shape index (κ1) is 26.6. The Morgan fingerprint density at radius 2 is 1.85 bits per heavy atom. The fourth-order valence-corrected chi connectivity index (χ4v) is 5.77. The summed E-state index contributed by atoms with van der Waals surface area (Å²) in [6.07, 6.45) is 1.11. The maximum absolute atomic E-state index is 13.6. The molecule has 9 nitrogen and oxygen atoms in total. The van der Waals surface area contributed by atoms with Crippen molar-refractivity contribution >= 4 is 34.6 Å². The molecule has 0 aliphatic carbocycles. The first-order valence-corrected chi connectivity index (χ1v) is 13.3. The highest BCUT2D eigenvalue weighted by Gasteiger charge is 2.42.